The fourth-order valence-corrected chi connectivity index (χ4v) is 3.49. The van der Waals surface area contributed by atoms with Gasteiger partial charge in [0.15, 0.2) is 19.9 Å². The van der Waals surface area contributed by atoms with E-state index in [-0.39, 0.29) is 33.5 Å². The van der Waals surface area contributed by atoms with Crippen molar-refractivity contribution in [3.05, 3.63) is 28.0 Å². The van der Waals surface area contributed by atoms with Crippen LogP contribution in [0.3, 0.4) is 0 Å². The van der Waals surface area contributed by atoms with Crippen molar-refractivity contribution in [2.45, 2.75) is 51.9 Å². The largest absolute Gasteiger partial charge is 0.488 e. The molecule has 0 aromatic heterocycles. The van der Waals surface area contributed by atoms with Gasteiger partial charge in [0.25, 0.3) is 0 Å². The number of hydrogen-bond acceptors (Lipinski definition) is 3. The second kappa shape index (κ2) is 7.11. The summed E-state index contributed by atoms with van der Waals surface area (Å²) < 4.78 is 25.9. The molecule has 0 unspecified atom stereocenters. The first-order chi connectivity index (χ1) is 9.99. The molecular weight excluding hydrogens is 365 g/mol. The number of halogens is 2. The van der Waals surface area contributed by atoms with Gasteiger partial charge < -0.3 is 9.16 Å². The second-order valence-electron chi connectivity index (χ2n) is 6.85. The van der Waals surface area contributed by atoms with Crippen LogP contribution in [0.5, 0.6) is 5.75 Å². The number of ether oxygens (including phenoxy) is 1. The van der Waals surface area contributed by atoms with Gasteiger partial charge >= 0.3 is 0 Å². The Morgan fingerprint density at radius 3 is 2.45 bits per heavy atom. The summed E-state index contributed by atoms with van der Waals surface area (Å²) in [4.78, 5) is 0. The standard InChI is InChI=1S/C16H23BrFNO2Si/c1-11(21-22(5,6)16(2,3)4)10-20-13-8-7-12(9-19)14(17)15(13)18/h7-8,11H,10H2,1-6H3/t11-/m1/s1. The molecule has 1 atom stereocenters. The van der Waals surface area contributed by atoms with Gasteiger partial charge in [0.05, 0.1) is 16.1 Å². The van der Waals surface area contributed by atoms with Crippen molar-refractivity contribution in [3.63, 3.8) is 0 Å². The predicted octanol–water partition coefficient (Wildman–Crippen LogP) is 5.25. The molecule has 0 saturated carbocycles. The highest BCUT2D eigenvalue weighted by Crippen LogP contribution is 2.37. The van der Waals surface area contributed by atoms with Crippen LogP contribution in [0.25, 0.3) is 0 Å². The van der Waals surface area contributed by atoms with Crippen LogP contribution in [0, 0.1) is 17.1 Å². The van der Waals surface area contributed by atoms with Gasteiger partial charge in [-0.3, -0.25) is 0 Å². The summed E-state index contributed by atoms with van der Waals surface area (Å²) in [5, 5.41) is 8.97. The van der Waals surface area contributed by atoms with Crippen LogP contribution in [-0.2, 0) is 4.43 Å². The number of nitriles is 1. The third kappa shape index (κ3) is 4.54. The minimum Gasteiger partial charge on any atom is -0.488 e. The second-order valence-corrected chi connectivity index (χ2v) is 12.4. The molecule has 0 heterocycles. The van der Waals surface area contributed by atoms with Gasteiger partial charge in [0, 0.05) is 0 Å². The number of benzene rings is 1. The van der Waals surface area contributed by atoms with E-state index >= 15 is 0 Å². The van der Waals surface area contributed by atoms with Crippen molar-refractivity contribution in [1.29, 1.82) is 5.26 Å². The average Bonchev–Trinajstić information content (AvgIpc) is 2.38. The molecule has 22 heavy (non-hydrogen) atoms. The van der Waals surface area contributed by atoms with E-state index < -0.39 is 14.1 Å². The smallest absolute Gasteiger partial charge is 0.192 e. The first-order valence-electron chi connectivity index (χ1n) is 7.18. The third-order valence-electron chi connectivity index (χ3n) is 3.94. The first-order valence-corrected chi connectivity index (χ1v) is 10.9. The quantitative estimate of drug-likeness (QED) is 0.647. The van der Waals surface area contributed by atoms with Crippen LogP contribution in [0.15, 0.2) is 16.6 Å². The molecule has 6 heteroatoms. The molecule has 0 aliphatic heterocycles. The minimum absolute atomic E-state index is 0.115. The molecule has 1 rings (SSSR count). The molecule has 1 aromatic carbocycles. The predicted molar refractivity (Wildman–Crippen MR) is 92.1 cm³/mol. The van der Waals surface area contributed by atoms with Crippen molar-refractivity contribution < 1.29 is 13.6 Å². The van der Waals surface area contributed by atoms with Gasteiger partial charge in [-0.15, -0.1) is 0 Å². The van der Waals surface area contributed by atoms with Crippen LogP contribution in [0.2, 0.25) is 18.1 Å². The molecule has 0 saturated heterocycles. The zero-order valence-corrected chi connectivity index (χ0v) is 16.5. The molecule has 0 aliphatic rings. The topological polar surface area (TPSA) is 42.2 Å². The molecular formula is C16H23BrFNO2Si. The van der Waals surface area contributed by atoms with Crippen LogP contribution in [0.1, 0.15) is 33.3 Å². The number of rotatable bonds is 5. The maximum atomic E-state index is 14.1. The van der Waals surface area contributed by atoms with E-state index in [4.69, 9.17) is 14.4 Å². The van der Waals surface area contributed by atoms with E-state index in [2.05, 4.69) is 49.8 Å². The molecule has 0 spiro atoms. The highest BCUT2D eigenvalue weighted by atomic mass is 79.9. The summed E-state index contributed by atoms with van der Waals surface area (Å²) >= 11 is 3.07. The van der Waals surface area contributed by atoms with Crippen molar-refractivity contribution in [2.75, 3.05) is 6.61 Å². The molecule has 122 valence electrons. The Morgan fingerprint density at radius 1 is 1.36 bits per heavy atom. The van der Waals surface area contributed by atoms with Gasteiger partial charge in [0.1, 0.15) is 12.7 Å². The Labute approximate surface area is 141 Å². The van der Waals surface area contributed by atoms with Crippen molar-refractivity contribution in [3.8, 4) is 11.8 Å². The van der Waals surface area contributed by atoms with E-state index in [1.165, 1.54) is 12.1 Å². The summed E-state index contributed by atoms with van der Waals surface area (Å²) in [6.45, 7) is 13.0. The number of hydrogen-bond donors (Lipinski definition) is 0. The number of nitrogens with zero attached hydrogens (tertiary/aromatic N) is 1. The summed E-state index contributed by atoms with van der Waals surface area (Å²) in [7, 11) is -1.87. The molecule has 3 nitrogen and oxygen atoms in total. The van der Waals surface area contributed by atoms with Gasteiger partial charge in [-0.1, -0.05) is 20.8 Å². The average molecular weight is 388 g/mol. The highest BCUT2D eigenvalue weighted by molar-refractivity contribution is 9.10. The van der Waals surface area contributed by atoms with Crippen molar-refractivity contribution in [2.24, 2.45) is 0 Å². The zero-order chi connectivity index (χ0) is 17.1. The fraction of sp³-hybridized carbons (Fsp3) is 0.562. The van der Waals surface area contributed by atoms with Crippen LogP contribution >= 0.6 is 15.9 Å². The van der Waals surface area contributed by atoms with Crippen molar-refractivity contribution in [1.82, 2.24) is 0 Å². The van der Waals surface area contributed by atoms with E-state index in [9.17, 15) is 4.39 Å². The lowest BCUT2D eigenvalue weighted by Gasteiger charge is -2.38. The third-order valence-corrected chi connectivity index (χ3v) is 9.32. The monoisotopic (exact) mass is 387 g/mol. The Bertz CT molecular complexity index is 579. The van der Waals surface area contributed by atoms with Gasteiger partial charge in [0.2, 0.25) is 0 Å². The summed E-state index contributed by atoms with van der Waals surface area (Å²) in [5.74, 6) is -0.435. The van der Waals surface area contributed by atoms with Gasteiger partial charge in [-0.25, -0.2) is 4.39 Å². The molecule has 0 N–H and O–H groups in total. The first kappa shape index (κ1) is 19.1. The van der Waals surface area contributed by atoms with Crippen molar-refractivity contribution >= 4 is 24.2 Å². The molecule has 1 aromatic rings. The van der Waals surface area contributed by atoms with E-state index in [1.807, 2.05) is 13.0 Å². The minimum atomic E-state index is -1.87. The van der Waals surface area contributed by atoms with Gasteiger partial charge in [-0.2, -0.15) is 5.26 Å². The zero-order valence-electron chi connectivity index (χ0n) is 14.0. The van der Waals surface area contributed by atoms with E-state index in [1.54, 1.807) is 0 Å². The SMILES string of the molecule is C[C@H](COc1ccc(C#N)c(Br)c1F)O[Si](C)(C)C(C)(C)C. The van der Waals surface area contributed by atoms with Crippen LogP contribution in [0.4, 0.5) is 4.39 Å². The van der Waals surface area contributed by atoms with Gasteiger partial charge in [-0.05, 0) is 53.1 Å². The Kier molecular flexibility index (Phi) is 6.19. The summed E-state index contributed by atoms with van der Waals surface area (Å²) in [6, 6.07) is 4.91. The Morgan fingerprint density at radius 2 is 1.95 bits per heavy atom. The van der Waals surface area contributed by atoms with Crippen LogP contribution in [-0.4, -0.2) is 21.0 Å². The maximum Gasteiger partial charge on any atom is 0.192 e. The lowest BCUT2D eigenvalue weighted by Crippen LogP contribution is -2.44. The molecule has 0 fully saturated rings. The maximum absolute atomic E-state index is 14.1. The lowest BCUT2D eigenvalue weighted by molar-refractivity contribution is 0.126. The molecule has 0 amide bonds. The normalized spacial score (nSPS) is 13.6. The fourth-order valence-electron chi connectivity index (χ4n) is 1.65. The van der Waals surface area contributed by atoms with Crippen LogP contribution < -0.4 is 4.74 Å². The lowest BCUT2D eigenvalue weighted by atomic mass is 10.2. The molecule has 0 radical (unpaired) electrons. The summed E-state index contributed by atoms with van der Waals surface area (Å²) in [6.07, 6.45) is -0.130. The summed E-state index contributed by atoms with van der Waals surface area (Å²) in [5.41, 5.74) is 0.246. The van der Waals surface area contributed by atoms with E-state index in [0.29, 0.717) is 0 Å². The Hall–Kier alpha value is -0.903. The molecule has 0 aliphatic carbocycles. The Balaban J connectivity index is 2.72. The molecule has 0 bridgehead atoms. The van der Waals surface area contributed by atoms with E-state index in [0.717, 1.165) is 0 Å². The highest BCUT2D eigenvalue weighted by Gasteiger charge is 2.38.